The van der Waals surface area contributed by atoms with Crippen molar-refractivity contribution in [1.82, 2.24) is 5.32 Å². The third-order valence-corrected chi connectivity index (χ3v) is 4.07. The van der Waals surface area contributed by atoms with Crippen molar-refractivity contribution >= 4 is 17.2 Å². The Morgan fingerprint density at radius 2 is 1.71 bits per heavy atom. The lowest BCUT2D eigenvalue weighted by atomic mass is 10.3. The van der Waals surface area contributed by atoms with Gasteiger partial charge in [0.2, 0.25) is 0 Å². The van der Waals surface area contributed by atoms with E-state index in [1.165, 1.54) is 0 Å². The highest BCUT2D eigenvalue weighted by Crippen LogP contribution is 2.24. The fourth-order valence-electron chi connectivity index (χ4n) is 2.05. The van der Waals surface area contributed by atoms with Crippen LogP contribution in [-0.4, -0.2) is 12.5 Å². The Morgan fingerprint density at radius 1 is 0.917 bits per heavy atom. The van der Waals surface area contributed by atoms with Crippen molar-refractivity contribution in [2.75, 3.05) is 6.61 Å². The summed E-state index contributed by atoms with van der Waals surface area (Å²) < 4.78 is 11.3. The second-order valence-corrected chi connectivity index (χ2v) is 6.07. The lowest BCUT2D eigenvalue weighted by Gasteiger charge is -2.09. The topological polar surface area (TPSA) is 47.6 Å². The van der Waals surface area contributed by atoms with Crippen LogP contribution in [0.15, 0.2) is 72.1 Å². The van der Waals surface area contributed by atoms with Crippen molar-refractivity contribution in [2.45, 2.75) is 6.54 Å². The van der Waals surface area contributed by atoms with Crippen molar-refractivity contribution in [2.24, 2.45) is 0 Å². The SMILES string of the molecule is O=C(COc1cccc(Oc2ccccc2)c1)NCc1cccs1. The molecule has 2 aromatic carbocycles. The smallest absolute Gasteiger partial charge is 0.258 e. The van der Waals surface area contributed by atoms with Crippen molar-refractivity contribution in [3.05, 3.63) is 77.0 Å². The van der Waals surface area contributed by atoms with Gasteiger partial charge in [-0.25, -0.2) is 0 Å². The zero-order valence-electron chi connectivity index (χ0n) is 13.0. The van der Waals surface area contributed by atoms with Crippen LogP contribution in [0.3, 0.4) is 0 Å². The second kappa shape index (κ2) is 8.17. The largest absolute Gasteiger partial charge is 0.484 e. The molecule has 122 valence electrons. The number of ether oxygens (including phenoxy) is 2. The first-order valence-electron chi connectivity index (χ1n) is 7.54. The lowest BCUT2D eigenvalue weighted by molar-refractivity contribution is -0.123. The molecule has 0 aliphatic heterocycles. The Kier molecular flexibility index (Phi) is 5.48. The third-order valence-electron chi connectivity index (χ3n) is 3.19. The van der Waals surface area contributed by atoms with E-state index in [0.717, 1.165) is 10.6 Å². The van der Waals surface area contributed by atoms with Crippen LogP contribution >= 0.6 is 11.3 Å². The van der Waals surface area contributed by atoms with E-state index in [0.29, 0.717) is 18.0 Å². The fraction of sp³-hybridized carbons (Fsp3) is 0.105. The van der Waals surface area contributed by atoms with E-state index >= 15 is 0 Å². The van der Waals surface area contributed by atoms with Gasteiger partial charge in [-0.2, -0.15) is 0 Å². The Balaban J connectivity index is 1.50. The minimum Gasteiger partial charge on any atom is -0.484 e. The summed E-state index contributed by atoms with van der Waals surface area (Å²) >= 11 is 1.61. The number of hydrogen-bond acceptors (Lipinski definition) is 4. The molecule has 0 saturated carbocycles. The third kappa shape index (κ3) is 4.86. The lowest BCUT2D eigenvalue weighted by Crippen LogP contribution is -2.28. The van der Waals surface area contributed by atoms with Crippen molar-refractivity contribution in [3.8, 4) is 17.2 Å². The molecule has 0 radical (unpaired) electrons. The minimum atomic E-state index is -0.155. The first-order valence-corrected chi connectivity index (χ1v) is 8.42. The molecule has 1 amide bonds. The Morgan fingerprint density at radius 3 is 2.50 bits per heavy atom. The molecule has 1 aromatic heterocycles. The molecule has 5 heteroatoms. The van der Waals surface area contributed by atoms with Crippen LogP contribution in [0.1, 0.15) is 4.88 Å². The van der Waals surface area contributed by atoms with Crippen LogP contribution in [0.5, 0.6) is 17.2 Å². The molecule has 0 atom stereocenters. The van der Waals surface area contributed by atoms with E-state index in [9.17, 15) is 4.79 Å². The average molecular weight is 339 g/mol. The van der Waals surface area contributed by atoms with Crippen LogP contribution in [-0.2, 0) is 11.3 Å². The zero-order chi connectivity index (χ0) is 16.6. The summed E-state index contributed by atoms with van der Waals surface area (Å²) in [5, 5.41) is 4.81. The van der Waals surface area contributed by atoms with Crippen LogP contribution in [0.4, 0.5) is 0 Å². The maximum absolute atomic E-state index is 11.8. The van der Waals surface area contributed by atoms with Gasteiger partial charge in [-0.3, -0.25) is 4.79 Å². The van der Waals surface area contributed by atoms with Crippen LogP contribution in [0.25, 0.3) is 0 Å². The Hall–Kier alpha value is -2.79. The summed E-state index contributed by atoms with van der Waals surface area (Å²) in [5.74, 6) is 1.86. The van der Waals surface area contributed by atoms with Gasteiger partial charge in [0.05, 0.1) is 6.54 Å². The molecule has 1 N–H and O–H groups in total. The summed E-state index contributed by atoms with van der Waals surface area (Å²) in [4.78, 5) is 12.9. The van der Waals surface area contributed by atoms with E-state index in [-0.39, 0.29) is 12.5 Å². The van der Waals surface area contributed by atoms with Gasteiger partial charge in [0.1, 0.15) is 17.2 Å². The number of amides is 1. The standard InChI is InChI=1S/C19H17NO3S/c21-19(20-13-18-10-5-11-24-18)14-22-16-8-4-9-17(12-16)23-15-6-2-1-3-7-15/h1-12H,13-14H2,(H,20,21). The van der Waals surface area contributed by atoms with Gasteiger partial charge < -0.3 is 14.8 Å². The molecular weight excluding hydrogens is 322 g/mol. The predicted molar refractivity (Wildman–Crippen MR) is 94.6 cm³/mol. The van der Waals surface area contributed by atoms with Gasteiger partial charge in [-0.15, -0.1) is 11.3 Å². The van der Waals surface area contributed by atoms with Gasteiger partial charge in [0, 0.05) is 10.9 Å². The molecule has 0 aliphatic rings. The molecule has 24 heavy (non-hydrogen) atoms. The molecule has 3 aromatic rings. The molecule has 0 unspecified atom stereocenters. The van der Waals surface area contributed by atoms with Gasteiger partial charge >= 0.3 is 0 Å². The number of nitrogens with one attached hydrogen (secondary N) is 1. The molecule has 0 bridgehead atoms. The van der Waals surface area contributed by atoms with E-state index < -0.39 is 0 Å². The van der Waals surface area contributed by atoms with Crippen LogP contribution < -0.4 is 14.8 Å². The molecule has 0 aliphatic carbocycles. The molecule has 1 heterocycles. The molecule has 3 rings (SSSR count). The minimum absolute atomic E-state index is 0.0276. The number of benzene rings is 2. The number of carbonyl (C=O) groups excluding carboxylic acids is 1. The number of thiophene rings is 1. The van der Waals surface area contributed by atoms with Crippen molar-refractivity contribution in [1.29, 1.82) is 0 Å². The van der Waals surface area contributed by atoms with E-state index in [2.05, 4.69) is 5.32 Å². The maximum Gasteiger partial charge on any atom is 0.258 e. The van der Waals surface area contributed by atoms with Crippen LogP contribution in [0.2, 0.25) is 0 Å². The zero-order valence-corrected chi connectivity index (χ0v) is 13.8. The average Bonchev–Trinajstić information content (AvgIpc) is 3.13. The monoisotopic (exact) mass is 339 g/mol. The van der Waals surface area contributed by atoms with Gasteiger partial charge in [0.15, 0.2) is 6.61 Å². The van der Waals surface area contributed by atoms with E-state index in [1.54, 1.807) is 23.5 Å². The first-order chi connectivity index (χ1) is 11.8. The highest BCUT2D eigenvalue weighted by atomic mass is 32.1. The highest BCUT2D eigenvalue weighted by molar-refractivity contribution is 7.09. The van der Waals surface area contributed by atoms with Gasteiger partial charge in [0.25, 0.3) is 5.91 Å². The molecule has 0 fully saturated rings. The summed E-state index contributed by atoms with van der Waals surface area (Å²) in [6.07, 6.45) is 0. The molecule has 0 spiro atoms. The Labute approximate surface area is 144 Å². The molecule has 4 nitrogen and oxygen atoms in total. The Bertz CT molecular complexity index is 772. The number of para-hydroxylation sites is 1. The maximum atomic E-state index is 11.8. The van der Waals surface area contributed by atoms with Gasteiger partial charge in [-0.05, 0) is 35.7 Å². The van der Waals surface area contributed by atoms with Gasteiger partial charge in [-0.1, -0.05) is 30.3 Å². The summed E-state index contributed by atoms with van der Waals surface area (Å²) in [7, 11) is 0. The highest BCUT2D eigenvalue weighted by Gasteiger charge is 2.05. The molecule has 0 saturated heterocycles. The summed E-state index contributed by atoms with van der Waals surface area (Å²) in [6.45, 7) is 0.497. The first kappa shape index (κ1) is 16.1. The van der Waals surface area contributed by atoms with Crippen molar-refractivity contribution < 1.29 is 14.3 Å². The number of rotatable bonds is 7. The summed E-state index contributed by atoms with van der Waals surface area (Å²) in [6, 6.07) is 20.7. The second-order valence-electron chi connectivity index (χ2n) is 5.03. The van der Waals surface area contributed by atoms with Crippen molar-refractivity contribution in [3.63, 3.8) is 0 Å². The molecular formula is C19H17NO3S. The van der Waals surface area contributed by atoms with E-state index in [4.69, 9.17) is 9.47 Å². The fourth-order valence-corrected chi connectivity index (χ4v) is 2.70. The van der Waals surface area contributed by atoms with E-state index in [1.807, 2.05) is 60.0 Å². The predicted octanol–water partition coefficient (Wildman–Crippen LogP) is 4.24. The number of carbonyl (C=O) groups is 1. The quantitative estimate of drug-likeness (QED) is 0.700. The normalized spacial score (nSPS) is 10.2. The summed E-state index contributed by atoms with van der Waals surface area (Å²) in [5.41, 5.74) is 0. The number of hydrogen-bond donors (Lipinski definition) is 1. The van der Waals surface area contributed by atoms with Crippen LogP contribution in [0, 0.1) is 0 Å².